The first-order valence-corrected chi connectivity index (χ1v) is 10.0. The minimum atomic E-state index is -0.187. The highest BCUT2D eigenvalue weighted by Crippen LogP contribution is 2.20. The maximum Gasteiger partial charge on any atom is 0.286 e. The fraction of sp³-hybridized carbons (Fsp3) is 0.182. The Morgan fingerprint density at radius 3 is 2.68 bits per heavy atom. The third-order valence-electron chi connectivity index (χ3n) is 4.60. The molecule has 0 saturated carbocycles. The first-order valence-electron chi connectivity index (χ1n) is 9.21. The van der Waals surface area contributed by atoms with Crippen molar-refractivity contribution in [2.45, 2.75) is 19.4 Å². The van der Waals surface area contributed by atoms with Crippen LogP contribution in [0.25, 0.3) is 11.0 Å². The highest BCUT2D eigenvalue weighted by Gasteiger charge is 2.12. The molecule has 0 aliphatic heterocycles. The van der Waals surface area contributed by atoms with Gasteiger partial charge < -0.3 is 14.3 Å². The van der Waals surface area contributed by atoms with E-state index < -0.39 is 0 Å². The molecule has 1 amide bonds. The molecule has 0 saturated heterocycles. The molecule has 0 radical (unpaired) electrons. The van der Waals surface area contributed by atoms with Gasteiger partial charge in [-0.05, 0) is 48.4 Å². The van der Waals surface area contributed by atoms with E-state index in [9.17, 15) is 4.79 Å². The number of fused-ring (bicyclic) bond motifs is 1. The fourth-order valence-corrected chi connectivity index (χ4v) is 3.47. The molecule has 0 unspecified atom stereocenters. The lowest BCUT2D eigenvalue weighted by Crippen LogP contribution is -2.24. The second-order valence-corrected chi connectivity index (χ2v) is 7.48. The molecular formula is C22H20BrN3O2. The lowest BCUT2D eigenvalue weighted by atomic mass is 10.2. The van der Waals surface area contributed by atoms with Crippen molar-refractivity contribution >= 4 is 32.9 Å². The Kier molecular flexibility index (Phi) is 5.58. The van der Waals surface area contributed by atoms with Gasteiger partial charge >= 0.3 is 0 Å². The molecular weight excluding hydrogens is 418 g/mol. The van der Waals surface area contributed by atoms with Crippen molar-refractivity contribution in [1.82, 2.24) is 14.9 Å². The first-order chi connectivity index (χ1) is 13.7. The first kappa shape index (κ1) is 18.5. The lowest BCUT2D eigenvalue weighted by Gasteiger charge is -2.10. The average molecular weight is 438 g/mol. The van der Waals surface area contributed by atoms with Crippen LogP contribution < -0.4 is 5.32 Å². The molecule has 0 aliphatic carbocycles. The number of hydrogen-bond donors (Lipinski definition) is 1. The number of imidazole rings is 1. The second kappa shape index (κ2) is 8.44. The smallest absolute Gasteiger partial charge is 0.286 e. The summed E-state index contributed by atoms with van der Waals surface area (Å²) in [6.07, 6.45) is 3.08. The topological polar surface area (TPSA) is 60.1 Å². The summed E-state index contributed by atoms with van der Waals surface area (Å²) in [6, 6.07) is 19.9. The van der Waals surface area contributed by atoms with Crippen molar-refractivity contribution < 1.29 is 9.21 Å². The van der Waals surface area contributed by atoms with Crippen molar-refractivity contribution in [3.05, 3.63) is 88.5 Å². The molecule has 0 fully saturated rings. The van der Waals surface area contributed by atoms with Crippen LogP contribution in [0, 0.1) is 0 Å². The molecule has 1 N–H and O–H groups in total. The number of nitrogens with one attached hydrogen (secondary N) is 1. The van der Waals surface area contributed by atoms with Gasteiger partial charge in [-0.25, -0.2) is 4.98 Å². The van der Waals surface area contributed by atoms with E-state index in [-0.39, 0.29) is 5.91 Å². The number of amides is 1. The molecule has 5 nitrogen and oxygen atoms in total. The molecule has 4 rings (SSSR count). The molecule has 28 heavy (non-hydrogen) atoms. The Balaban J connectivity index is 1.46. The van der Waals surface area contributed by atoms with Crippen LogP contribution in [0.5, 0.6) is 0 Å². The maximum atomic E-state index is 12.0. The summed E-state index contributed by atoms with van der Waals surface area (Å²) in [6.45, 7) is 1.34. The highest BCUT2D eigenvalue weighted by atomic mass is 79.9. The van der Waals surface area contributed by atoms with E-state index in [0.29, 0.717) is 12.3 Å². The van der Waals surface area contributed by atoms with Gasteiger partial charge in [-0.15, -0.1) is 0 Å². The van der Waals surface area contributed by atoms with Crippen LogP contribution in [0.3, 0.4) is 0 Å². The Morgan fingerprint density at radius 2 is 1.89 bits per heavy atom. The van der Waals surface area contributed by atoms with Crippen molar-refractivity contribution in [1.29, 1.82) is 0 Å². The number of aromatic nitrogens is 2. The second-order valence-electron chi connectivity index (χ2n) is 6.57. The van der Waals surface area contributed by atoms with Crippen molar-refractivity contribution in [2.24, 2.45) is 0 Å². The van der Waals surface area contributed by atoms with Crippen LogP contribution in [0.15, 0.2) is 75.8 Å². The van der Waals surface area contributed by atoms with Crippen LogP contribution in [0.2, 0.25) is 0 Å². The van der Waals surface area contributed by atoms with Crippen molar-refractivity contribution in [3.8, 4) is 0 Å². The Morgan fingerprint density at radius 1 is 1.07 bits per heavy atom. The maximum absolute atomic E-state index is 12.0. The van der Waals surface area contributed by atoms with Gasteiger partial charge in [0, 0.05) is 24.0 Å². The van der Waals surface area contributed by atoms with E-state index >= 15 is 0 Å². The monoisotopic (exact) mass is 437 g/mol. The number of hydrogen-bond acceptors (Lipinski definition) is 3. The van der Waals surface area contributed by atoms with Gasteiger partial charge in [-0.3, -0.25) is 4.79 Å². The number of carbonyl (C=O) groups is 1. The molecule has 4 aromatic rings. The standard InChI is InChI=1S/C22H20BrN3O2/c23-17-11-9-16(10-12-17)15-26-19-6-2-1-5-18(19)25-21(26)8-3-13-24-22(27)20-7-4-14-28-20/h1-2,4-7,9-12,14H,3,8,13,15H2,(H,24,27). The molecule has 0 aliphatic rings. The Bertz CT molecular complexity index is 1070. The summed E-state index contributed by atoms with van der Waals surface area (Å²) < 4.78 is 8.44. The molecule has 2 heterocycles. The number of rotatable bonds is 7. The van der Waals surface area contributed by atoms with Crippen LogP contribution in [-0.2, 0) is 13.0 Å². The van der Waals surface area contributed by atoms with Crippen LogP contribution in [0.4, 0.5) is 0 Å². The zero-order valence-corrected chi connectivity index (χ0v) is 16.9. The number of halogens is 1. The van der Waals surface area contributed by atoms with E-state index in [1.165, 1.54) is 11.8 Å². The summed E-state index contributed by atoms with van der Waals surface area (Å²) in [5.74, 6) is 1.17. The molecule has 142 valence electrons. The zero-order valence-electron chi connectivity index (χ0n) is 15.3. The number of nitrogens with zero attached hydrogens (tertiary/aromatic N) is 2. The van der Waals surface area contributed by atoms with Gasteiger partial charge in [0.05, 0.1) is 17.3 Å². The van der Waals surface area contributed by atoms with Crippen molar-refractivity contribution in [2.75, 3.05) is 6.54 Å². The van der Waals surface area contributed by atoms with Gasteiger partial charge in [0.1, 0.15) is 5.82 Å². The minimum Gasteiger partial charge on any atom is -0.459 e. The molecule has 0 atom stereocenters. The number of carbonyl (C=O) groups excluding carboxylic acids is 1. The average Bonchev–Trinajstić information content (AvgIpc) is 3.36. The third kappa shape index (κ3) is 4.17. The van der Waals surface area contributed by atoms with E-state index in [2.05, 4.69) is 56.1 Å². The molecule has 0 bridgehead atoms. The van der Waals surface area contributed by atoms with E-state index in [0.717, 1.165) is 40.7 Å². The largest absolute Gasteiger partial charge is 0.459 e. The zero-order chi connectivity index (χ0) is 19.3. The van der Waals surface area contributed by atoms with E-state index in [1.54, 1.807) is 12.1 Å². The molecule has 0 spiro atoms. The summed E-state index contributed by atoms with van der Waals surface area (Å²) in [5.41, 5.74) is 3.34. The van der Waals surface area contributed by atoms with Gasteiger partial charge in [-0.2, -0.15) is 0 Å². The highest BCUT2D eigenvalue weighted by molar-refractivity contribution is 9.10. The predicted molar refractivity (Wildman–Crippen MR) is 112 cm³/mol. The summed E-state index contributed by atoms with van der Waals surface area (Å²) >= 11 is 3.49. The number of aryl methyl sites for hydroxylation is 1. The van der Waals surface area contributed by atoms with Crippen LogP contribution in [-0.4, -0.2) is 22.0 Å². The van der Waals surface area contributed by atoms with Gasteiger partial charge in [0.2, 0.25) is 0 Å². The molecule has 2 aromatic carbocycles. The van der Waals surface area contributed by atoms with E-state index in [1.807, 2.05) is 18.2 Å². The lowest BCUT2D eigenvalue weighted by molar-refractivity contribution is 0.0925. The van der Waals surface area contributed by atoms with Gasteiger partial charge in [0.25, 0.3) is 5.91 Å². The number of para-hydroxylation sites is 2. The normalized spacial score (nSPS) is 11.0. The summed E-state index contributed by atoms with van der Waals surface area (Å²) in [5, 5.41) is 2.89. The Labute approximate surface area is 171 Å². The van der Waals surface area contributed by atoms with Crippen LogP contribution >= 0.6 is 15.9 Å². The molecule has 6 heteroatoms. The van der Waals surface area contributed by atoms with Gasteiger partial charge in [-0.1, -0.05) is 40.2 Å². The third-order valence-corrected chi connectivity index (χ3v) is 5.12. The van der Waals surface area contributed by atoms with E-state index in [4.69, 9.17) is 9.40 Å². The predicted octanol–water partition coefficient (Wildman–Crippen LogP) is 4.80. The SMILES string of the molecule is O=C(NCCCc1nc2ccccc2n1Cc1ccc(Br)cc1)c1ccco1. The quantitative estimate of drug-likeness (QED) is 0.422. The van der Waals surface area contributed by atoms with Crippen LogP contribution in [0.1, 0.15) is 28.4 Å². The summed E-state index contributed by atoms with van der Waals surface area (Å²) in [7, 11) is 0. The number of furan rings is 1. The number of benzene rings is 2. The Hall–Kier alpha value is -2.86. The minimum absolute atomic E-state index is 0.187. The molecule has 2 aromatic heterocycles. The summed E-state index contributed by atoms with van der Waals surface area (Å²) in [4.78, 5) is 16.8. The van der Waals surface area contributed by atoms with Gasteiger partial charge in [0.15, 0.2) is 5.76 Å². The fourth-order valence-electron chi connectivity index (χ4n) is 3.21. The van der Waals surface area contributed by atoms with Crippen molar-refractivity contribution in [3.63, 3.8) is 0 Å².